The van der Waals surface area contributed by atoms with Gasteiger partial charge in [-0.05, 0) is 19.4 Å². The molecular weight excluding hydrogens is 190 g/mol. The quantitative estimate of drug-likeness (QED) is 0.658. The van der Waals surface area contributed by atoms with E-state index >= 15 is 0 Å². The van der Waals surface area contributed by atoms with E-state index in [1.165, 1.54) is 6.42 Å². The number of rotatable bonds is 4. The standard InChI is InChI=1S/C9H18ClNO2/c10-5-9(13)6-11-4-2-1-3-8(11)7-12/h8-9,12-13H,1-7H2. The number of hydrogen-bond acceptors (Lipinski definition) is 3. The highest BCUT2D eigenvalue weighted by molar-refractivity contribution is 6.18. The molecule has 0 aliphatic carbocycles. The maximum atomic E-state index is 9.37. The van der Waals surface area contributed by atoms with Gasteiger partial charge in [0, 0.05) is 18.5 Å². The van der Waals surface area contributed by atoms with E-state index in [-0.39, 0.29) is 18.5 Å². The molecule has 0 aromatic carbocycles. The highest BCUT2D eigenvalue weighted by atomic mass is 35.5. The summed E-state index contributed by atoms with van der Waals surface area (Å²) in [5.74, 6) is 0.272. The summed E-state index contributed by atoms with van der Waals surface area (Å²) in [5.41, 5.74) is 0. The van der Waals surface area contributed by atoms with Crippen molar-refractivity contribution in [1.82, 2.24) is 4.90 Å². The predicted octanol–water partition coefficient (Wildman–Crippen LogP) is 0.433. The third-order valence-corrected chi connectivity index (χ3v) is 2.94. The summed E-state index contributed by atoms with van der Waals surface area (Å²) in [5, 5.41) is 18.5. The average molecular weight is 208 g/mol. The molecule has 0 aromatic rings. The molecule has 1 saturated heterocycles. The second kappa shape index (κ2) is 5.81. The van der Waals surface area contributed by atoms with Crippen LogP contribution in [0.25, 0.3) is 0 Å². The van der Waals surface area contributed by atoms with E-state index in [4.69, 9.17) is 16.7 Å². The predicted molar refractivity (Wildman–Crippen MR) is 53.0 cm³/mol. The van der Waals surface area contributed by atoms with Gasteiger partial charge >= 0.3 is 0 Å². The van der Waals surface area contributed by atoms with Gasteiger partial charge < -0.3 is 10.2 Å². The van der Waals surface area contributed by atoms with E-state index < -0.39 is 6.10 Å². The van der Waals surface area contributed by atoms with Crippen molar-refractivity contribution in [3.05, 3.63) is 0 Å². The van der Waals surface area contributed by atoms with Crippen LogP contribution < -0.4 is 0 Å². The fourth-order valence-electron chi connectivity index (χ4n) is 1.83. The van der Waals surface area contributed by atoms with Crippen LogP contribution in [0.15, 0.2) is 0 Å². The summed E-state index contributed by atoms with van der Waals surface area (Å²) in [4.78, 5) is 2.14. The van der Waals surface area contributed by atoms with Gasteiger partial charge in [-0.1, -0.05) is 6.42 Å². The maximum Gasteiger partial charge on any atom is 0.0802 e. The van der Waals surface area contributed by atoms with Gasteiger partial charge in [0.2, 0.25) is 0 Å². The zero-order valence-corrected chi connectivity index (χ0v) is 8.58. The smallest absolute Gasteiger partial charge is 0.0802 e. The molecule has 1 fully saturated rings. The summed E-state index contributed by atoms with van der Waals surface area (Å²) in [6.07, 6.45) is 2.91. The SMILES string of the molecule is OCC1CCCCN1CC(O)CCl. The lowest BCUT2D eigenvalue weighted by molar-refractivity contribution is 0.0495. The van der Waals surface area contributed by atoms with E-state index in [1.807, 2.05) is 0 Å². The van der Waals surface area contributed by atoms with Crippen LogP contribution in [0, 0.1) is 0 Å². The minimum atomic E-state index is -0.464. The number of likely N-dealkylation sites (tertiary alicyclic amines) is 1. The van der Waals surface area contributed by atoms with Crippen molar-refractivity contribution < 1.29 is 10.2 Å². The molecule has 1 aliphatic rings. The summed E-state index contributed by atoms with van der Waals surface area (Å²) >= 11 is 5.52. The first-order chi connectivity index (χ1) is 6.27. The Morgan fingerprint density at radius 3 is 2.85 bits per heavy atom. The fourth-order valence-corrected chi connectivity index (χ4v) is 1.92. The van der Waals surface area contributed by atoms with Gasteiger partial charge in [-0.25, -0.2) is 0 Å². The zero-order chi connectivity index (χ0) is 9.68. The first-order valence-electron chi connectivity index (χ1n) is 4.87. The molecule has 13 heavy (non-hydrogen) atoms. The third-order valence-electron chi connectivity index (χ3n) is 2.58. The molecule has 0 amide bonds. The number of aliphatic hydroxyl groups is 2. The molecule has 0 radical (unpaired) electrons. The molecule has 78 valence electrons. The second-order valence-corrected chi connectivity index (χ2v) is 3.94. The molecule has 2 atom stereocenters. The van der Waals surface area contributed by atoms with E-state index in [1.54, 1.807) is 0 Å². The van der Waals surface area contributed by atoms with Gasteiger partial charge in [-0.3, -0.25) is 4.90 Å². The molecule has 0 bridgehead atoms. The van der Waals surface area contributed by atoms with Crippen molar-refractivity contribution in [2.24, 2.45) is 0 Å². The number of piperidine rings is 1. The van der Waals surface area contributed by atoms with Crippen molar-refractivity contribution in [3.8, 4) is 0 Å². The molecule has 3 nitrogen and oxygen atoms in total. The molecule has 1 aliphatic heterocycles. The monoisotopic (exact) mass is 207 g/mol. The Balaban J connectivity index is 2.35. The van der Waals surface area contributed by atoms with Gasteiger partial charge in [-0.15, -0.1) is 11.6 Å². The minimum absolute atomic E-state index is 0.189. The van der Waals surface area contributed by atoms with E-state index in [0.717, 1.165) is 19.4 Å². The van der Waals surface area contributed by atoms with Crippen molar-refractivity contribution in [3.63, 3.8) is 0 Å². The fraction of sp³-hybridized carbons (Fsp3) is 1.00. The van der Waals surface area contributed by atoms with Gasteiger partial charge in [0.1, 0.15) is 0 Å². The molecule has 1 rings (SSSR count). The van der Waals surface area contributed by atoms with Crippen molar-refractivity contribution in [1.29, 1.82) is 0 Å². The molecule has 4 heteroatoms. The van der Waals surface area contributed by atoms with Crippen LogP contribution in [0.1, 0.15) is 19.3 Å². The molecule has 2 N–H and O–H groups in total. The van der Waals surface area contributed by atoms with Crippen LogP contribution in [0.2, 0.25) is 0 Å². The van der Waals surface area contributed by atoms with Crippen molar-refractivity contribution in [2.75, 3.05) is 25.6 Å². The lowest BCUT2D eigenvalue weighted by Gasteiger charge is -2.35. The number of alkyl halides is 1. The summed E-state index contributed by atoms with van der Waals surface area (Å²) in [6, 6.07) is 0.228. The van der Waals surface area contributed by atoms with Crippen LogP contribution in [-0.4, -0.2) is 52.8 Å². The number of aliphatic hydroxyl groups excluding tert-OH is 2. The summed E-state index contributed by atoms with van der Waals surface area (Å²) in [6.45, 7) is 1.75. The van der Waals surface area contributed by atoms with Gasteiger partial charge in [0.25, 0.3) is 0 Å². The Hall–Kier alpha value is 0.170. The first kappa shape index (κ1) is 11.2. The number of nitrogens with zero attached hydrogens (tertiary/aromatic N) is 1. The van der Waals surface area contributed by atoms with Gasteiger partial charge in [-0.2, -0.15) is 0 Å². The highest BCUT2D eigenvalue weighted by Crippen LogP contribution is 2.16. The topological polar surface area (TPSA) is 43.7 Å². The third kappa shape index (κ3) is 3.43. The maximum absolute atomic E-state index is 9.37. The van der Waals surface area contributed by atoms with E-state index in [9.17, 15) is 5.11 Å². The lowest BCUT2D eigenvalue weighted by atomic mass is 10.0. The Kier molecular flexibility index (Phi) is 5.02. The Labute approximate surface area is 84.3 Å². The van der Waals surface area contributed by atoms with Crippen molar-refractivity contribution >= 4 is 11.6 Å². The average Bonchev–Trinajstić information content (AvgIpc) is 2.18. The molecule has 1 heterocycles. The summed E-state index contributed by atoms with van der Waals surface area (Å²) < 4.78 is 0. The normalized spacial score (nSPS) is 27.5. The molecular formula is C9H18ClNO2. The summed E-state index contributed by atoms with van der Waals surface area (Å²) in [7, 11) is 0. The molecule has 0 saturated carbocycles. The number of halogens is 1. The van der Waals surface area contributed by atoms with Gasteiger partial charge in [0.05, 0.1) is 12.7 Å². The number of β-amino-alcohol motifs (C(OH)–C–C–N with tert-alkyl or cyclic N) is 1. The Morgan fingerprint density at radius 2 is 2.23 bits per heavy atom. The van der Waals surface area contributed by atoms with Crippen LogP contribution >= 0.6 is 11.6 Å². The molecule has 0 spiro atoms. The second-order valence-electron chi connectivity index (χ2n) is 3.64. The minimum Gasteiger partial charge on any atom is -0.395 e. The van der Waals surface area contributed by atoms with Gasteiger partial charge in [0.15, 0.2) is 0 Å². The molecule has 0 aromatic heterocycles. The van der Waals surface area contributed by atoms with Crippen LogP contribution in [-0.2, 0) is 0 Å². The van der Waals surface area contributed by atoms with E-state index in [2.05, 4.69) is 4.90 Å². The van der Waals surface area contributed by atoms with E-state index in [0.29, 0.717) is 6.54 Å². The Morgan fingerprint density at radius 1 is 1.46 bits per heavy atom. The van der Waals surface area contributed by atoms with Crippen LogP contribution in [0.3, 0.4) is 0 Å². The van der Waals surface area contributed by atoms with Crippen molar-refractivity contribution in [2.45, 2.75) is 31.4 Å². The highest BCUT2D eigenvalue weighted by Gasteiger charge is 2.22. The molecule has 2 unspecified atom stereocenters. The van der Waals surface area contributed by atoms with Crippen LogP contribution in [0.4, 0.5) is 0 Å². The Bertz CT molecular complexity index is 146. The van der Waals surface area contributed by atoms with Crippen LogP contribution in [0.5, 0.6) is 0 Å². The lowest BCUT2D eigenvalue weighted by Crippen LogP contribution is -2.45. The zero-order valence-electron chi connectivity index (χ0n) is 7.82. The number of hydrogen-bond donors (Lipinski definition) is 2. The largest absolute Gasteiger partial charge is 0.395 e. The first-order valence-corrected chi connectivity index (χ1v) is 5.40.